The third kappa shape index (κ3) is 2.79. The van der Waals surface area contributed by atoms with Crippen LogP contribution in [0.25, 0.3) is 27.6 Å². The van der Waals surface area contributed by atoms with E-state index in [0.717, 1.165) is 27.6 Å². The molecule has 8 heteroatoms. The Morgan fingerprint density at radius 1 is 1.33 bits per heavy atom. The summed E-state index contributed by atoms with van der Waals surface area (Å²) in [6.45, 7) is 2.09. The Kier molecular flexibility index (Phi) is 4.05. The number of benzene rings is 1. The second-order valence-electron chi connectivity index (χ2n) is 6.09. The van der Waals surface area contributed by atoms with Gasteiger partial charge in [0.15, 0.2) is 0 Å². The molecule has 3 heterocycles. The van der Waals surface area contributed by atoms with Gasteiger partial charge in [-0.2, -0.15) is 10.4 Å². The Balaban J connectivity index is 1.81. The molecule has 0 bridgehead atoms. The first-order valence-electron chi connectivity index (χ1n) is 8.36. The van der Waals surface area contributed by atoms with E-state index in [1.165, 1.54) is 12.1 Å². The van der Waals surface area contributed by atoms with Crippen LogP contribution in [-0.2, 0) is 0 Å². The molecule has 1 amide bonds. The zero-order chi connectivity index (χ0) is 19.0. The molecule has 27 heavy (non-hydrogen) atoms. The smallest absolute Gasteiger partial charge is 0.269 e. The maximum absolute atomic E-state index is 13.7. The summed E-state index contributed by atoms with van der Waals surface area (Å²) in [7, 11) is 0. The molecule has 2 N–H and O–H groups in total. The van der Waals surface area contributed by atoms with Crippen molar-refractivity contribution in [1.29, 1.82) is 5.26 Å². The number of aromatic nitrogens is 4. The number of rotatable bonds is 4. The lowest BCUT2D eigenvalue weighted by Crippen LogP contribution is -2.25. The molecule has 0 atom stereocenters. The molecule has 0 aliphatic carbocycles. The van der Waals surface area contributed by atoms with Gasteiger partial charge in [-0.05, 0) is 37.3 Å². The molecule has 0 saturated heterocycles. The molecule has 0 radical (unpaired) electrons. The molecule has 4 aromatic rings. The van der Waals surface area contributed by atoms with E-state index in [1.807, 2.05) is 17.6 Å². The van der Waals surface area contributed by atoms with Crippen molar-refractivity contribution in [2.75, 3.05) is 6.54 Å². The Morgan fingerprint density at radius 3 is 2.96 bits per heavy atom. The molecule has 0 aliphatic heterocycles. The molecular formula is C19H15FN6O. The maximum Gasteiger partial charge on any atom is 0.269 e. The monoisotopic (exact) mass is 362 g/mol. The van der Waals surface area contributed by atoms with Crippen molar-refractivity contribution >= 4 is 27.8 Å². The van der Waals surface area contributed by atoms with Crippen LogP contribution in [0.15, 0.2) is 36.5 Å². The molecular weight excluding hydrogens is 347 g/mol. The number of amides is 1. The van der Waals surface area contributed by atoms with Crippen molar-refractivity contribution in [1.82, 2.24) is 25.1 Å². The van der Waals surface area contributed by atoms with Gasteiger partial charge < -0.3 is 9.88 Å². The number of hydrogen-bond donors (Lipinski definition) is 2. The average Bonchev–Trinajstić information content (AvgIpc) is 3.23. The van der Waals surface area contributed by atoms with Crippen LogP contribution in [0.2, 0.25) is 0 Å². The van der Waals surface area contributed by atoms with E-state index in [4.69, 9.17) is 5.26 Å². The highest BCUT2D eigenvalue weighted by atomic mass is 19.1. The molecule has 4 rings (SSSR count). The number of carbonyl (C=O) groups excluding carboxylic acids is 1. The second kappa shape index (κ2) is 6.53. The lowest BCUT2D eigenvalue weighted by molar-refractivity contribution is 0.0949. The maximum atomic E-state index is 13.7. The molecule has 0 fully saturated rings. The van der Waals surface area contributed by atoms with Crippen LogP contribution in [0, 0.1) is 24.1 Å². The van der Waals surface area contributed by atoms with Gasteiger partial charge in [0.2, 0.25) is 0 Å². The van der Waals surface area contributed by atoms with Crippen molar-refractivity contribution in [2.45, 2.75) is 13.3 Å². The summed E-state index contributed by atoms with van der Waals surface area (Å²) in [5.74, 6) is -0.650. The summed E-state index contributed by atoms with van der Waals surface area (Å²) < 4.78 is 15.6. The minimum Gasteiger partial charge on any atom is -0.350 e. The van der Waals surface area contributed by atoms with Gasteiger partial charge in [-0.1, -0.05) is 0 Å². The average molecular weight is 362 g/mol. The van der Waals surface area contributed by atoms with Crippen LogP contribution in [0.4, 0.5) is 4.39 Å². The van der Waals surface area contributed by atoms with Crippen molar-refractivity contribution in [3.8, 4) is 11.8 Å². The highest BCUT2D eigenvalue weighted by Crippen LogP contribution is 2.31. The number of nitriles is 1. The second-order valence-corrected chi connectivity index (χ2v) is 6.09. The standard InChI is InChI=1S/C19H15FN6O/c1-11-15(6-4-14(24-11)19(27)22-8-2-7-21)26-16-5-3-12(20)9-13(16)18-17(26)10-23-25-18/h3-6,9-10H,2,8H2,1H3,(H,22,27)(H,23,25). The van der Waals surface area contributed by atoms with Gasteiger partial charge in [0.05, 0.1) is 46.6 Å². The number of aromatic amines is 1. The lowest BCUT2D eigenvalue weighted by Gasteiger charge is -2.11. The number of nitrogens with one attached hydrogen (secondary N) is 2. The Hall–Kier alpha value is -3.73. The molecule has 0 aliphatic rings. The van der Waals surface area contributed by atoms with E-state index in [0.29, 0.717) is 5.69 Å². The van der Waals surface area contributed by atoms with Gasteiger partial charge in [-0.15, -0.1) is 0 Å². The van der Waals surface area contributed by atoms with Gasteiger partial charge in [0, 0.05) is 11.9 Å². The molecule has 0 spiro atoms. The fraction of sp³-hybridized carbons (Fsp3) is 0.158. The van der Waals surface area contributed by atoms with E-state index >= 15 is 0 Å². The minimum absolute atomic E-state index is 0.243. The van der Waals surface area contributed by atoms with Gasteiger partial charge >= 0.3 is 0 Å². The van der Waals surface area contributed by atoms with Crippen LogP contribution >= 0.6 is 0 Å². The van der Waals surface area contributed by atoms with Crippen LogP contribution in [0.5, 0.6) is 0 Å². The minimum atomic E-state index is -0.326. The largest absolute Gasteiger partial charge is 0.350 e. The topological polar surface area (TPSA) is 99.4 Å². The van der Waals surface area contributed by atoms with Gasteiger partial charge in [-0.3, -0.25) is 9.89 Å². The third-order valence-electron chi connectivity index (χ3n) is 4.38. The van der Waals surface area contributed by atoms with E-state index in [-0.39, 0.29) is 30.4 Å². The van der Waals surface area contributed by atoms with Gasteiger partial charge in [0.1, 0.15) is 11.5 Å². The van der Waals surface area contributed by atoms with Crippen molar-refractivity contribution in [2.24, 2.45) is 0 Å². The Morgan fingerprint density at radius 2 is 2.19 bits per heavy atom. The zero-order valence-corrected chi connectivity index (χ0v) is 14.5. The van der Waals surface area contributed by atoms with Crippen LogP contribution in [0.3, 0.4) is 0 Å². The van der Waals surface area contributed by atoms with Gasteiger partial charge in [0.25, 0.3) is 5.91 Å². The third-order valence-corrected chi connectivity index (χ3v) is 4.38. The highest BCUT2D eigenvalue weighted by Gasteiger charge is 2.17. The lowest BCUT2D eigenvalue weighted by atomic mass is 10.2. The number of nitrogens with zero attached hydrogens (tertiary/aromatic N) is 4. The van der Waals surface area contributed by atoms with Crippen molar-refractivity contribution < 1.29 is 9.18 Å². The van der Waals surface area contributed by atoms with Crippen LogP contribution < -0.4 is 5.32 Å². The fourth-order valence-electron chi connectivity index (χ4n) is 3.18. The summed E-state index contributed by atoms with van der Waals surface area (Å²) in [6.07, 6.45) is 1.92. The normalized spacial score (nSPS) is 11.0. The van der Waals surface area contributed by atoms with Gasteiger partial charge in [-0.25, -0.2) is 9.37 Å². The number of halogens is 1. The highest BCUT2D eigenvalue weighted by molar-refractivity contribution is 6.07. The number of aryl methyl sites for hydroxylation is 1. The molecule has 134 valence electrons. The SMILES string of the molecule is Cc1nc(C(=O)NCCC#N)ccc1-n1c2ccc(F)cc2c2[nH]ncc21. The number of H-pyrrole nitrogens is 1. The Bertz CT molecular complexity index is 1220. The molecule has 1 aromatic carbocycles. The predicted octanol–water partition coefficient (Wildman–Crippen LogP) is 2.99. The number of hydrogen-bond acceptors (Lipinski definition) is 4. The van der Waals surface area contributed by atoms with Crippen LogP contribution in [-0.4, -0.2) is 32.2 Å². The summed E-state index contributed by atoms with van der Waals surface area (Å²) in [5, 5.41) is 18.9. The van der Waals surface area contributed by atoms with E-state index in [9.17, 15) is 9.18 Å². The zero-order valence-electron chi connectivity index (χ0n) is 14.5. The Labute approximate surface area is 153 Å². The predicted molar refractivity (Wildman–Crippen MR) is 98.0 cm³/mol. The number of carbonyl (C=O) groups is 1. The first kappa shape index (κ1) is 16.7. The van der Waals surface area contributed by atoms with Crippen LogP contribution in [0.1, 0.15) is 22.6 Å². The summed E-state index contributed by atoms with van der Waals surface area (Å²) in [6, 6.07) is 9.99. The molecule has 3 aromatic heterocycles. The summed E-state index contributed by atoms with van der Waals surface area (Å²) >= 11 is 0. The van der Waals surface area contributed by atoms with E-state index in [2.05, 4.69) is 20.5 Å². The molecule has 7 nitrogen and oxygen atoms in total. The van der Waals surface area contributed by atoms with Crippen molar-refractivity contribution in [3.05, 3.63) is 53.7 Å². The van der Waals surface area contributed by atoms with E-state index < -0.39 is 0 Å². The molecule has 0 unspecified atom stereocenters. The molecule has 0 saturated carbocycles. The first-order chi connectivity index (χ1) is 13.1. The fourth-order valence-corrected chi connectivity index (χ4v) is 3.18. The quantitative estimate of drug-likeness (QED) is 0.545. The summed E-state index contributed by atoms with van der Waals surface area (Å²) in [4.78, 5) is 16.5. The van der Waals surface area contributed by atoms with E-state index in [1.54, 1.807) is 24.4 Å². The number of pyridine rings is 1. The van der Waals surface area contributed by atoms with Crippen molar-refractivity contribution in [3.63, 3.8) is 0 Å². The number of fused-ring (bicyclic) bond motifs is 3. The summed E-state index contributed by atoms with van der Waals surface area (Å²) in [5.41, 5.74) is 4.05. The first-order valence-corrected chi connectivity index (χ1v) is 8.36.